The Hall–Kier alpha value is -1.51. The second kappa shape index (κ2) is 5.70. The molecule has 0 radical (unpaired) electrons. The highest BCUT2D eigenvalue weighted by molar-refractivity contribution is 6.30. The molecule has 0 aliphatic carbocycles. The molecule has 0 saturated heterocycles. The minimum Gasteiger partial charge on any atom is -0.322 e. The van der Waals surface area contributed by atoms with Gasteiger partial charge in [0.15, 0.2) is 0 Å². The number of benzene rings is 2. The van der Waals surface area contributed by atoms with Gasteiger partial charge >= 0.3 is 0 Å². The molecule has 1 aromatic heterocycles. The summed E-state index contributed by atoms with van der Waals surface area (Å²) >= 11 is 12.4. The summed E-state index contributed by atoms with van der Waals surface area (Å²) in [6.07, 6.45) is 0. The first-order valence-electron chi connectivity index (χ1n) is 6.90. The molecule has 0 saturated carbocycles. The van der Waals surface area contributed by atoms with Crippen molar-refractivity contribution in [3.63, 3.8) is 0 Å². The molecule has 0 aliphatic rings. The first-order chi connectivity index (χ1) is 10.0. The van der Waals surface area contributed by atoms with Gasteiger partial charge in [-0.05, 0) is 49.2 Å². The van der Waals surface area contributed by atoms with Crippen LogP contribution in [-0.4, -0.2) is 9.55 Å². The Kier molecular flexibility index (Phi) is 3.92. The van der Waals surface area contributed by atoms with Crippen LogP contribution in [0.5, 0.6) is 0 Å². The number of aryl methyl sites for hydroxylation is 1. The Labute approximate surface area is 134 Å². The zero-order chi connectivity index (χ0) is 15.0. The van der Waals surface area contributed by atoms with Crippen LogP contribution in [0, 0.1) is 6.92 Å². The first-order valence-corrected chi connectivity index (χ1v) is 7.71. The Balaban J connectivity index is 2.13. The smallest absolute Gasteiger partial charge is 0.128 e. The van der Waals surface area contributed by atoms with Crippen molar-refractivity contribution in [1.29, 1.82) is 0 Å². The van der Waals surface area contributed by atoms with Crippen LogP contribution in [0.2, 0.25) is 5.02 Å². The molecular weight excluding hydrogens is 303 g/mol. The molecule has 0 bridgehead atoms. The molecule has 2 aromatic carbocycles. The van der Waals surface area contributed by atoms with Gasteiger partial charge in [-0.3, -0.25) is 0 Å². The SMILES string of the molecule is Cc1ccc2c(c1)nc(C(C)Cl)n2Cc1cccc(Cl)c1. The lowest BCUT2D eigenvalue weighted by Crippen LogP contribution is -2.05. The van der Waals surface area contributed by atoms with Crippen LogP contribution in [-0.2, 0) is 6.54 Å². The fraction of sp³-hybridized carbons (Fsp3) is 0.235. The Morgan fingerprint density at radius 2 is 2.00 bits per heavy atom. The Bertz CT molecular complexity index is 791. The van der Waals surface area contributed by atoms with Crippen molar-refractivity contribution in [3.05, 3.63) is 64.4 Å². The van der Waals surface area contributed by atoms with Crippen LogP contribution in [0.1, 0.15) is 29.3 Å². The standard InChI is InChI=1S/C17H16Cl2N2/c1-11-6-7-16-15(8-11)20-17(12(2)18)21(16)10-13-4-3-5-14(19)9-13/h3-9,12H,10H2,1-2H3. The van der Waals surface area contributed by atoms with E-state index in [1.54, 1.807) is 0 Å². The van der Waals surface area contributed by atoms with Crippen LogP contribution in [0.15, 0.2) is 42.5 Å². The number of hydrogen-bond donors (Lipinski definition) is 0. The van der Waals surface area contributed by atoms with Gasteiger partial charge in [0.05, 0.1) is 16.4 Å². The van der Waals surface area contributed by atoms with Gasteiger partial charge in [0.25, 0.3) is 0 Å². The minimum atomic E-state index is -0.142. The van der Waals surface area contributed by atoms with E-state index in [1.165, 1.54) is 5.56 Å². The number of alkyl halides is 1. The molecule has 21 heavy (non-hydrogen) atoms. The third kappa shape index (κ3) is 2.92. The van der Waals surface area contributed by atoms with E-state index in [0.717, 1.165) is 27.4 Å². The molecule has 0 amide bonds. The molecule has 0 aliphatic heterocycles. The Morgan fingerprint density at radius 3 is 2.71 bits per heavy atom. The quantitative estimate of drug-likeness (QED) is 0.595. The average molecular weight is 319 g/mol. The monoisotopic (exact) mass is 318 g/mol. The summed E-state index contributed by atoms with van der Waals surface area (Å²) < 4.78 is 2.16. The van der Waals surface area contributed by atoms with Crippen molar-refractivity contribution in [2.75, 3.05) is 0 Å². The maximum Gasteiger partial charge on any atom is 0.128 e. The fourth-order valence-corrected chi connectivity index (χ4v) is 2.93. The largest absolute Gasteiger partial charge is 0.322 e. The summed E-state index contributed by atoms with van der Waals surface area (Å²) in [7, 11) is 0. The molecule has 2 nitrogen and oxygen atoms in total. The molecule has 1 unspecified atom stereocenters. The molecule has 4 heteroatoms. The summed E-state index contributed by atoms with van der Waals surface area (Å²) in [4.78, 5) is 4.69. The van der Waals surface area contributed by atoms with Crippen LogP contribution in [0.4, 0.5) is 0 Å². The number of nitrogens with zero attached hydrogens (tertiary/aromatic N) is 2. The van der Waals surface area contributed by atoms with Crippen LogP contribution < -0.4 is 0 Å². The van der Waals surface area contributed by atoms with Gasteiger partial charge in [0.1, 0.15) is 5.82 Å². The second-order valence-electron chi connectivity index (χ2n) is 5.29. The molecule has 0 fully saturated rings. The van der Waals surface area contributed by atoms with Gasteiger partial charge in [0, 0.05) is 11.6 Å². The lowest BCUT2D eigenvalue weighted by molar-refractivity contribution is 0.742. The zero-order valence-electron chi connectivity index (χ0n) is 12.0. The van der Waals surface area contributed by atoms with Crippen LogP contribution in [0.3, 0.4) is 0 Å². The van der Waals surface area contributed by atoms with Gasteiger partial charge in [-0.25, -0.2) is 4.98 Å². The lowest BCUT2D eigenvalue weighted by Gasteiger charge is -2.11. The van der Waals surface area contributed by atoms with E-state index < -0.39 is 0 Å². The number of imidazole rings is 1. The summed E-state index contributed by atoms with van der Waals surface area (Å²) in [5.74, 6) is 0.886. The van der Waals surface area contributed by atoms with E-state index >= 15 is 0 Å². The van der Waals surface area contributed by atoms with E-state index in [1.807, 2.05) is 25.1 Å². The topological polar surface area (TPSA) is 17.8 Å². The highest BCUT2D eigenvalue weighted by Gasteiger charge is 2.15. The number of aromatic nitrogens is 2. The van der Waals surface area contributed by atoms with E-state index in [9.17, 15) is 0 Å². The Morgan fingerprint density at radius 1 is 1.19 bits per heavy atom. The summed E-state index contributed by atoms with van der Waals surface area (Å²) in [5, 5.41) is 0.602. The average Bonchev–Trinajstić information content (AvgIpc) is 2.77. The molecule has 1 heterocycles. The van der Waals surface area contributed by atoms with Crippen molar-refractivity contribution in [1.82, 2.24) is 9.55 Å². The zero-order valence-corrected chi connectivity index (χ0v) is 13.5. The molecule has 1 atom stereocenters. The van der Waals surface area contributed by atoms with Crippen molar-refractivity contribution >= 4 is 34.2 Å². The number of rotatable bonds is 3. The summed E-state index contributed by atoms with van der Waals surface area (Å²) in [6.45, 7) is 4.73. The number of hydrogen-bond acceptors (Lipinski definition) is 1. The van der Waals surface area contributed by atoms with Crippen molar-refractivity contribution in [2.45, 2.75) is 25.8 Å². The van der Waals surface area contributed by atoms with E-state index in [4.69, 9.17) is 23.2 Å². The summed E-state index contributed by atoms with van der Waals surface area (Å²) in [5.41, 5.74) is 4.42. The van der Waals surface area contributed by atoms with Gasteiger partial charge in [0.2, 0.25) is 0 Å². The van der Waals surface area contributed by atoms with Gasteiger partial charge in [-0.15, -0.1) is 11.6 Å². The molecule has 0 spiro atoms. The molecule has 108 valence electrons. The van der Waals surface area contributed by atoms with Crippen molar-refractivity contribution < 1.29 is 0 Å². The van der Waals surface area contributed by atoms with E-state index in [2.05, 4.69) is 40.7 Å². The number of halogens is 2. The minimum absolute atomic E-state index is 0.142. The first kappa shape index (κ1) is 14.4. The fourth-order valence-electron chi connectivity index (χ4n) is 2.55. The third-order valence-corrected chi connectivity index (χ3v) is 3.95. The molecular formula is C17H16Cl2N2. The van der Waals surface area contributed by atoms with Gasteiger partial charge in [-0.2, -0.15) is 0 Å². The van der Waals surface area contributed by atoms with Crippen LogP contribution >= 0.6 is 23.2 Å². The number of fused-ring (bicyclic) bond motifs is 1. The van der Waals surface area contributed by atoms with Crippen molar-refractivity contribution in [2.24, 2.45) is 0 Å². The molecule has 3 rings (SSSR count). The maximum atomic E-state index is 6.31. The second-order valence-corrected chi connectivity index (χ2v) is 6.39. The van der Waals surface area contributed by atoms with Crippen LogP contribution in [0.25, 0.3) is 11.0 Å². The van der Waals surface area contributed by atoms with Gasteiger partial charge < -0.3 is 4.57 Å². The van der Waals surface area contributed by atoms with E-state index in [0.29, 0.717) is 6.54 Å². The lowest BCUT2D eigenvalue weighted by atomic mass is 10.2. The van der Waals surface area contributed by atoms with Crippen molar-refractivity contribution in [3.8, 4) is 0 Å². The predicted molar refractivity (Wildman–Crippen MR) is 89.3 cm³/mol. The highest BCUT2D eigenvalue weighted by atomic mass is 35.5. The third-order valence-electron chi connectivity index (χ3n) is 3.52. The highest BCUT2D eigenvalue weighted by Crippen LogP contribution is 2.26. The van der Waals surface area contributed by atoms with Gasteiger partial charge in [-0.1, -0.05) is 29.8 Å². The van der Waals surface area contributed by atoms with E-state index in [-0.39, 0.29) is 5.38 Å². The maximum absolute atomic E-state index is 6.31. The molecule has 0 N–H and O–H groups in total. The molecule has 3 aromatic rings. The summed E-state index contributed by atoms with van der Waals surface area (Å²) in [6, 6.07) is 14.2. The normalized spacial score (nSPS) is 12.8. The predicted octanol–water partition coefficient (Wildman–Crippen LogP) is 5.35.